The molecule has 1 fully saturated rings. The molecular formula is C15H22N4OS. The Labute approximate surface area is 130 Å². The molecule has 21 heavy (non-hydrogen) atoms. The fourth-order valence-electron chi connectivity index (χ4n) is 2.63. The predicted molar refractivity (Wildman–Crippen MR) is 88.4 cm³/mol. The Hall–Kier alpha value is -1.69. The maximum Gasteiger partial charge on any atom is 0.244 e. The molecule has 1 saturated heterocycles. The molecule has 5 nitrogen and oxygen atoms in total. The van der Waals surface area contributed by atoms with Crippen LogP contribution < -0.4 is 11.1 Å². The molecule has 0 aliphatic carbocycles. The van der Waals surface area contributed by atoms with Gasteiger partial charge in [0.25, 0.3) is 0 Å². The van der Waals surface area contributed by atoms with Crippen molar-refractivity contribution in [3.63, 3.8) is 0 Å². The molecule has 114 valence electrons. The van der Waals surface area contributed by atoms with Gasteiger partial charge in [0, 0.05) is 19.3 Å². The van der Waals surface area contributed by atoms with E-state index < -0.39 is 0 Å². The second kappa shape index (κ2) is 6.85. The molecule has 0 saturated carbocycles. The van der Waals surface area contributed by atoms with Gasteiger partial charge in [-0.1, -0.05) is 12.2 Å². The number of carbonyl (C=O) groups is 1. The highest BCUT2D eigenvalue weighted by atomic mass is 32.1. The van der Waals surface area contributed by atoms with E-state index in [0.29, 0.717) is 16.4 Å². The number of anilines is 1. The van der Waals surface area contributed by atoms with Crippen LogP contribution in [-0.2, 0) is 4.79 Å². The van der Waals surface area contributed by atoms with E-state index in [1.54, 1.807) is 6.20 Å². The number of likely N-dealkylation sites (tertiary alicyclic amines) is 1. The maximum absolute atomic E-state index is 12.4. The van der Waals surface area contributed by atoms with E-state index in [-0.39, 0.29) is 11.9 Å². The van der Waals surface area contributed by atoms with Crippen LogP contribution in [0.2, 0.25) is 0 Å². The Bertz CT molecular complexity index is 540. The van der Waals surface area contributed by atoms with Crippen LogP contribution in [0.3, 0.4) is 0 Å². The van der Waals surface area contributed by atoms with Crippen LogP contribution in [0.4, 0.5) is 5.82 Å². The molecule has 0 radical (unpaired) electrons. The number of aryl methyl sites for hydroxylation is 1. The summed E-state index contributed by atoms with van der Waals surface area (Å²) in [6.45, 7) is 5.46. The summed E-state index contributed by atoms with van der Waals surface area (Å²) < 4.78 is 0. The maximum atomic E-state index is 12.4. The van der Waals surface area contributed by atoms with E-state index >= 15 is 0 Å². The molecule has 6 heteroatoms. The number of nitrogens with one attached hydrogen (secondary N) is 1. The number of piperidine rings is 1. The van der Waals surface area contributed by atoms with Gasteiger partial charge < -0.3 is 16.0 Å². The Morgan fingerprint density at radius 3 is 2.71 bits per heavy atom. The standard InChI is InChI=1S/C15H22N4OS/c1-10-6-7-17-14(12(10)13(16)21)18-11(2)15(20)19-8-4-3-5-9-19/h6-7,11H,3-5,8-9H2,1-2H3,(H2,16,21)(H,17,18). The van der Waals surface area contributed by atoms with Crippen molar-refractivity contribution in [2.24, 2.45) is 5.73 Å². The van der Waals surface area contributed by atoms with Crippen molar-refractivity contribution in [2.45, 2.75) is 39.2 Å². The van der Waals surface area contributed by atoms with Crippen molar-refractivity contribution in [3.8, 4) is 0 Å². The smallest absolute Gasteiger partial charge is 0.244 e. The highest BCUT2D eigenvalue weighted by Crippen LogP contribution is 2.18. The zero-order chi connectivity index (χ0) is 15.4. The van der Waals surface area contributed by atoms with Gasteiger partial charge in [0.1, 0.15) is 16.8 Å². The lowest BCUT2D eigenvalue weighted by atomic mass is 10.1. The first kappa shape index (κ1) is 15.7. The zero-order valence-corrected chi connectivity index (χ0v) is 13.4. The summed E-state index contributed by atoms with van der Waals surface area (Å²) in [5, 5.41) is 3.16. The lowest BCUT2D eigenvalue weighted by Gasteiger charge is -2.30. The number of hydrogen-bond acceptors (Lipinski definition) is 4. The molecule has 1 unspecified atom stereocenters. The fourth-order valence-corrected chi connectivity index (χ4v) is 2.89. The molecule has 3 N–H and O–H groups in total. The molecule has 1 aromatic rings. The Morgan fingerprint density at radius 2 is 2.10 bits per heavy atom. The first-order valence-corrected chi connectivity index (χ1v) is 7.72. The highest BCUT2D eigenvalue weighted by molar-refractivity contribution is 7.80. The van der Waals surface area contributed by atoms with Crippen LogP contribution in [-0.4, -0.2) is 39.9 Å². The van der Waals surface area contributed by atoms with Crippen LogP contribution in [0.25, 0.3) is 0 Å². The highest BCUT2D eigenvalue weighted by Gasteiger charge is 2.23. The topological polar surface area (TPSA) is 71.2 Å². The van der Waals surface area contributed by atoms with E-state index in [9.17, 15) is 4.79 Å². The van der Waals surface area contributed by atoms with Crippen molar-refractivity contribution in [3.05, 3.63) is 23.4 Å². The average Bonchev–Trinajstić information content (AvgIpc) is 2.47. The second-order valence-corrected chi connectivity index (χ2v) is 5.91. The molecule has 1 atom stereocenters. The zero-order valence-electron chi connectivity index (χ0n) is 12.6. The number of thiocarbonyl (C=S) groups is 1. The van der Waals surface area contributed by atoms with Gasteiger partial charge in [-0.15, -0.1) is 0 Å². The summed E-state index contributed by atoms with van der Waals surface area (Å²) in [6, 6.07) is 1.52. The fraction of sp³-hybridized carbons (Fsp3) is 0.533. The number of hydrogen-bond donors (Lipinski definition) is 2. The number of rotatable bonds is 4. The molecule has 0 aromatic carbocycles. The van der Waals surface area contributed by atoms with Crippen LogP contribution >= 0.6 is 12.2 Å². The number of nitrogens with two attached hydrogens (primary N) is 1. The van der Waals surface area contributed by atoms with Crippen molar-refractivity contribution in [1.29, 1.82) is 0 Å². The van der Waals surface area contributed by atoms with Crippen LogP contribution in [0, 0.1) is 6.92 Å². The van der Waals surface area contributed by atoms with Crippen molar-refractivity contribution in [1.82, 2.24) is 9.88 Å². The summed E-state index contributed by atoms with van der Waals surface area (Å²) in [5.74, 6) is 0.687. The van der Waals surface area contributed by atoms with Crippen molar-refractivity contribution < 1.29 is 4.79 Å². The predicted octanol–water partition coefficient (Wildman–Crippen LogP) is 1.84. The Balaban J connectivity index is 2.12. The van der Waals surface area contributed by atoms with Crippen molar-refractivity contribution in [2.75, 3.05) is 18.4 Å². The summed E-state index contributed by atoms with van der Waals surface area (Å²) in [6.07, 6.45) is 5.06. The molecular weight excluding hydrogens is 284 g/mol. The molecule has 1 aliphatic rings. The first-order valence-electron chi connectivity index (χ1n) is 7.31. The lowest BCUT2D eigenvalue weighted by Crippen LogP contribution is -2.44. The SMILES string of the molecule is Cc1ccnc(NC(C)C(=O)N2CCCCC2)c1C(N)=S. The summed E-state index contributed by atoms with van der Waals surface area (Å²) >= 11 is 5.08. The van der Waals surface area contributed by atoms with Gasteiger partial charge in [-0.25, -0.2) is 4.98 Å². The molecule has 2 heterocycles. The summed E-state index contributed by atoms with van der Waals surface area (Å²) in [4.78, 5) is 18.9. The molecule has 2 rings (SSSR count). The van der Waals surface area contributed by atoms with Crippen LogP contribution in [0.15, 0.2) is 12.3 Å². The molecule has 0 spiro atoms. The third kappa shape index (κ3) is 3.69. The van der Waals surface area contributed by atoms with E-state index in [4.69, 9.17) is 18.0 Å². The number of aromatic nitrogens is 1. The third-order valence-electron chi connectivity index (χ3n) is 3.80. The normalized spacial score (nSPS) is 16.4. The third-order valence-corrected chi connectivity index (χ3v) is 4.00. The van der Waals surface area contributed by atoms with Gasteiger partial charge in [-0.05, 0) is 44.7 Å². The Kier molecular flexibility index (Phi) is 5.12. The Morgan fingerprint density at radius 1 is 1.43 bits per heavy atom. The minimum atomic E-state index is -0.342. The monoisotopic (exact) mass is 306 g/mol. The van der Waals surface area contributed by atoms with Crippen LogP contribution in [0.1, 0.15) is 37.3 Å². The molecule has 0 bridgehead atoms. The van der Waals surface area contributed by atoms with Gasteiger partial charge in [-0.3, -0.25) is 4.79 Å². The van der Waals surface area contributed by atoms with E-state index in [1.807, 2.05) is 24.8 Å². The lowest BCUT2D eigenvalue weighted by molar-refractivity contribution is -0.132. The van der Waals surface area contributed by atoms with E-state index in [1.165, 1.54) is 6.42 Å². The van der Waals surface area contributed by atoms with Gasteiger partial charge >= 0.3 is 0 Å². The van der Waals surface area contributed by atoms with E-state index in [0.717, 1.165) is 31.5 Å². The van der Waals surface area contributed by atoms with Gasteiger partial charge in [0.2, 0.25) is 5.91 Å². The van der Waals surface area contributed by atoms with Crippen LogP contribution in [0.5, 0.6) is 0 Å². The van der Waals surface area contributed by atoms with Gasteiger partial charge in [0.15, 0.2) is 0 Å². The molecule has 1 aliphatic heterocycles. The van der Waals surface area contributed by atoms with Gasteiger partial charge in [0.05, 0.1) is 5.56 Å². The quantitative estimate of drug-likeness (QED) is 0.831. The number of pyridine rings is 1. The minimum absolute atomic E-state index is 0.104. The van der Waals surface area contributed by atoms with Gasteiger partial charge in [-0.2, -0.15) is 0 Å². The first-order chi connectivity index (χ1) is 10.0. The number of carbonyl (C=O) groups excluding carboxylic acids is 1. The average molecular weight is 306 g/mol. The molecule has 1 aromatic heterocycles. The molecule has 1 amide bonds. The summed E-state index contributed by atoms with van der Waals surface area (Å²) in [7, 11) is 0. The van der Waals surface area contributed by atoms with E-state index in [2.05, 4.69) is 10.3 Å². The van der Waals surface area contributed by atoms with Crippen molar-refractivity contribution >= 4 is 28.9 Å². The summed E-state index contributed by atoms with van der Waals surface area (Å²) in [5.41, 5.74) is 7.44. The second-order valence-electron chi connectivity index (χ2n) is 5.47. The minimum Gasteiger partial charge on any atom is -0.389 e. The number of amides is 1. The largest absolute Gasteiger partial charge is 0.389 e. The number of nitrogens with zero attached hydrogens (tertiary/aromatic N) is 2.